The van der Waals surface area contributed by atoms with E-state index in [2.05, 4.69) is 6.07 Å². The first-order valence-corrected chi connectivity index (χ1v) is 15.0. The lowest BCUT2D eigenvalue weighted by atomic mass is 9.91. The van der Waals surface area contributed by atoms with Crippen LogP contribution >= 0.6 is 0 Å². The summed E-state index contributed by atoms with van der Waals surface area (Å²) in [5, 5.41) is 21.6. The lowest BCUT2D eigenvalue weighted by molar-refractivity contribution is -0.142. The monoisotopic (exact) mass is 617 g/mol. The number of ether oxygens (including phenoxy) is 3. The normalized spacial score (nSPS) is 15.5. The van der Waals surface area contributed by atoms with Gasteiger partial charge >= 0.3 is 5.97 Å². The Labute approximate surface area is 261 Å². The molecule has 1 unspecified atom stereocenters. The SMILES string of the molecule is CCOC(=O)Cc1ccc(OC2CCN(CC(O)(c3cn(Cc4ccccc4)c4cc(C#N)ccc34)C(F)F)CC2)c(OC)c1. The van der Waals surface area contributed by atoms with Crippen molar-refractivity contribution in [2.75, 3.05) is 33.4 Å². The van der Waals surface area contributed by atoms with Crippen LogP contribution in [-0.4, -0.2) is 66.4 Å². The maximum Gasteiger partial charge on any atom is 0.310 e. The van der Waals surface area contributed by atoms with Gasteiger partial charge in [-0.05, 0) is 55.2 Å². The molecule has 1 fully saturated rings. The Balaban J connectivity index is 1.30. The van der Waals surface area contributed by atoms with Crippen molar-refractivity contribution in [1.82, 2.24) is 9.47 Å². The van der Waals surface area contributed by atoms with Crippen LogP contribution < -0.4 is 9.47 Å². The van der Waals surface area contributed by atoms with Crippen molar-refractivity contribution in [3.8, 4) is 17.6 Å². The molecule has 0 bridgehead atoms. The molecular formula is C35H37F2N3O5. The predicted molar refractivity (Wildman–Crippen MR) is 166 cm³/mol. The lowest BCUT2D eigenvalue weighted by Gasteiger charge is -2.38. The topological polar surface area (TPSA) is 97.0 Å². The van der Waals surface area contributed by atoms with Gasteiger partial charge in [-0.1, -0.05) is 42.5 Å². The number of likely N-dealkylation sites (tertiary alicyclic amines) is 1. The van der Waals surface area contributed by atoms with Gasteiger partial charge in [-0.15, -0.1) is 0 Å². The fourth-order valence-electron chi connectivity index (χ4n) is 5.89. The molecule has 8 nitrogen and oxygen atoms in total. The summed E-state index contributed by atoms with van der Waals surface area (Å²) in [6.07, 6.45) is -0.375. The van der Waals surface area contributed by atoms with Gasteiger partial charge in [0, 0.05) is 43.3 Å². The molecule has 4 aromatic rings. The minimum Gasteiger partial charge on any atom is -0.493 e. The van der Waals surface area contributed by atoms with Crippen LogP contribution in [0.1, 0.15) is 42.0 Å². The molecule has 2 heterocycles. The standard InChI is InChI=1S/C35H37F2N3O5/c1-3-44-33(41)19-25-10-12-31(32(18-25)43-2)45-27-13-15-39(16-14-27)23-35(42,34(36)37)29-22-40(21-24-7-5-4-6-8-24)30-17-26(20-38)9-11-28(29)30/h4-12,17-18,22,27,34,42H,3,13-16,19,21,23H2,1-2H3. The Morgan fingerprint density at radius 2 is 1.82 bits per heavy atom. The van der Waals surface area contributed by atoms with Crippen LogP contribution in [0.3, 0.4) is 0 Å². The summed E-state index contributed by atoms with van der Waals surface area (Å²) >= 11 is 0. The largest absolute Gasteiger partial charge is 0.493 e. The van der Waals surface area contributed by atoms with Crippen LogP contribution in [0.15, 0.2) is 72.9 Å². The number of nitrogens with zero attached hydrogens (tertiary/aromatic N) is 3. The molecule has 1 aliphatic rings. The number of carbonyl (C=O) groups is 1. The number of β-amino-alcohol motifs (C(OH)–C–C–N with tert-alkyl or cyclic N) is 1. The Hall–Kier alpha value is -4.46. The highest BCUT2D eigenvalue weighted by Gasteiger charge is 2.44. The molecule has 5 rings (SSSR count). The molecule has 1 N–H and O–H groups in total. The van der Waals surface area contributed by atoms with Crippen LogP contribution in [-0.2, 0) is 28.1 Å². The molecule has 10 heteroatoms. The first kappa shape index (κ1) is 31.9. The highest BCUT2D eigenvalue weighted by molar-refractivity contribution is 5.86. The molecule has 236 valence electrons. The molecule has 0 spiro atoms. The quantitative estimate of drug-likeness (QED) is 0.205. The van der Waals surface area contributed by atoms with Crippen molar-refractivity contribution >= 4 is 16.9 Å². The fraction of sp³-hybridized carbons (Fsp3) is 0.371. The fourth-order valence-corrected chi connectivity index (χ4v) is 5.89. The van der Waals surface area contributed by atoms with E-state index in [1.165, 1.54) is 7.11 Å². The first-order chi connectivity index (χ1) is 21.7. The molecule has 1 aliphatic heterocycles. The summed E-state index contributed by atoms with van der Waals surface area (Å²) in [5.41, 5.74) is 0.443. The number of esters is 1. The zero-order valence-corrected chi connectivity index (χ0v) is 25.4. The Morgan fingerprint density at radius 3 is 2.49 bits per heavy atom. The number of fused-ring (bicyclic) bond motifs is 1. The van der Waals surface area contributed by atoms with Gasteiger partial charge in [-0.3, -0.25) is 9.69 Å². The van der Waals surface area contributed by atoms with E-state index in [-0.39, 0.29) is 30.6 Å². The second kappa shape index (κ2) is 14.1. The van der Waals surface area contributed by atoms with Gasteiger partial charge in [-0.25, -0.2) is 8.78 Å². The highest BCUT2D eigenvalue weighted by Crippen LogP contribution is 2.38. The Kier molecular flexibility index (Phi) is 10.0. The average molecular weight is 618 g/mol. The molecule has 0 amide bonds. The number of rotatable bonds is 12. The van der Waals surface area contributed by atoms with E-state index in [1.807, 2.05) is 39.8 Å². The van der Waals surface area contributed by atoms with Gasteiger partial charge in [-0.2, -0.15) is 5.26 Å². The number of methoxy groups -OCH3 is 1. The zero-order chi connectivity index (χ0) is 32.0. The molecule has 0 aliphatic carbocycles. The van der Waals surface area contributed by atoms with Gasteiger partial charge < -0.3 is 23.9 Å². The summed E-state index contributed by atoms with van der Waals surface area (Å²) in [4.78, 5) is 13.7. The molecular weight excluding hydrogens is 580 g/mol. The second-order valence-corrected chi connectivity index (χ2v) is 11.3. The van der Waals surface area contributed by atoms with E-state index < -0.39 is 12.0 Å². The number of nitriles is 1. The number of aromatic nitrogens is 1. The number of piperidine rings is 1. The van der Waals surface area contributed by atoms with Gasteiger partial charge in [0.15, 0.2) is 17.1 Å². The molecule has 45 heavy (non-hydrogen) atoms. The molecule has 1 aromatic heterocycles. The lowest BCUT2D eigenvalue weighted by Crippen LogP contribution is -2.49. The van der Waals surface area contributed by atoms with E-state index in [1.54, 1.807) is 49.5 Å². The van der Waals surface area contributed by atoms with E-state index in [9.17, 15) is 23.9 Å². The van der Waals surface area contributed by atoms with E-state index in [0.29, 0.717) is 67.0 Å². The van der Waals surface area contributed by atoms with Crippen molar-refractivity contribution < 1.29 is 32.9 Å². The van der Waals surface area contributed by atoms with Crippen molar-refractivity contribution in [2.45, 2.75) is 50.9 Å². The first-order valence-electron chi connectivity index (χ1n) is 15.0. The maximum absolute atomic E-state index is 14.8. The number of alkyl halides is 2. The Bertz CT molecular complexity index is 1660. The summed E-state index contributed by atoms with van der Waals surface area (Å²) < 4.78 is 48.2. The molecule has 0 radical (unpaired) electrons. The minimum atomic E-state index is -3.05. The number of aliphatic hydroxyl groups is 1. The van der Waals surface area contributed by atoms with Crippen LogP contribution in [0.25, 0.3) is 10.9 Å². The summed E-state index contributed by atoms with van der Waals surface area (Å²) in [6.45, 7) is 3.11. The van der Waals surface area contributed by atoms with Crippen molar-refractivity contribution in [3.63, 3.8) is 0 Å². The van der Waals surface area contributed by atoms with Crippen LogP contribution in [0.5, 0.6) is 11.5 Å². The Morgan fingerprint density at radius 1 is 1.07 bits per heavy atom. The summed E-state index contributed by atoms with van der Waals surface area (Å²) in [7, 11) is 1.53. The van der Waals surface area contributed by atoms with Crippen molar-refractivity contribution in [3.05, 3.63) is 95.2 Å². The van der Waals surface area contributed by atoms with Crippen LogP contribution in [0.4, 0.5) is 8.78 Å². The maximum atomic E-state index is 14.8. The third-order valence-electron chi connectivity index (χ3n) is 8.21. The third-order valence-corrected chi connectivity index (χ3v) is 8.21. The third kappa shape index (κ3) is 7.27. The highest BCUT2D eigenvalue weighted by atomic mass is 19.3. The van der Waals surface area contributed by atoms with E-state index >= 15 is 0 Å². The number of hydrogen-bond acceptors (Lipinski definition) is 7. The molecule has 3 aromatic carbocycles. The smallest absolute Gasteiger partial charge is 0.310 e. The van der Waals surface area contributed by atoms with Gasteiger partial charge in [0.25, 0.3) is 6.43 Å². The van der Waals surface area contributed by atoms with Gasteiger partial charge in [0.2, 0.25) is 0 Å². The average Bonchev–Trinajstić information content (AvgIpc) is 3.41. The molecule has 1 atom stereocenters. The van der Waals surface area contributed by atoms with Gasteiger partial charge in [0.1, 0.15) is 6.10 Å². The summed E-state index contributed by atoms with van der Waals surface area (Å²) in [6, 6.07) is 21.9. The van der Waals surface area contributed by atoms with Crippen LogP contribution in [0.2, 0.25) is 0 Å². The van der Waals surface area contributed by atoms with Crippen LogP contribution in [0, 0.1) is 11.3 Å². The zero-order valence-electron chi connectivity index (χ0n) is 25.4. The number of halogens is 2. The van der Waals surface area contributed by atoms with E-state index in [4.69, 9.17) is 14.2 Å². The number of carbonyl (C=O) groups excluding carboxylic acids is 1. The van der Waals surface area contributed by atoms with Gasteiger partial charge in [0.05, 0.1) is 37.3 Å². The second-order valence-electron chi connectivity index (χ2n) is 11.3. The molecule has 1 saturated heterocycles. The predicted octanol–water partition coefficient (Wildman–Crippen LogP) is 5.67. The van der Waals surface area contributed by atoms with Crippen molar-refractivity contribution in [1.29, 1.82) is 5.26 Å². The van der Waals surface area contributed by atoms with Crippen molar-refractivity contribution in [2.24, 2.45) is 0 Å². The minimum absolute atomic E-state index is 0.125. The number of benzene rings is 3. The summed E-state index contributed by atoms with van der Waals surface area (Å²) in [5.74, 6) is 0.713. The number of hydrogen-bond donors (Lipinski definition) is 1. The van der Waals surface area contributed by atoms with E-state index in [0.717, 1.165) is 11.1 Å². The molecule has 0 saturated carbocycles.